The highest BCUT2D eigenvalue weighted by atomic mass is 16.3. The molecule has 0 aromatic heterocycles. The van der Waals surface area contributed by atoms with E-state index in [0.717, 1.165) is 19.4 Å². The normalized spacial score (nSPS) is 36.9. The van der Waals surface area contributed by atoms with E-state index in [1.165, 1.54) is 23.1 Å². The van der Waals surface area contributed by atoms with Gasteiger partial charge in [0, 0.05) is 35.4 Å². The quantitative estimate of drug-likeness (QED) is 0.731. The fourth-order valence-corrected chi connectivity index (χ4v) is 7.11. The Hall–Kier alpha value is -1.64. The summed E-state index contributed by atoms with van der Waals surface area (Å²) in [5, 5.41) is 11.0. The maximum Gasteiger partial charge on any atom is 0.0588 e. The topological polar surface area (TPSA) is 23.5 Å². The van der Waals surface area contributed by atoms with Gasteiger partial charge in [-0.05, 0) is 49.3 Å². The summed E-state index contributed by atoms with van der Waals surface area (Å²) >= 11 is 0. The molecule has 0 spiro atoms. The van der Waals surface area contributed by atoms with Crippen LogP contribution in [-0.2, 0) is 5.41 Å². The van der Waals surface area contributed by atoms with E-state index in [4.69, 9.17) is 0 Å². The molecule has 1 aliphatic heterocycles. The van der Waals surface area contributed by atoms with Crippen LogP contribution in [0.2, 0.25) is 0 Å². The van der Waals surface area contributed by atoms with Gasteiger partial charge in [0.05, 0.1) is 6.10 Å². The van der Waals surface area contributed by atoms with Crippen molar-refractivity contribution in [2.45, 2.75) is 76.0 Å². The maximum absolute atomic E-state index is 11.0. The number of fused-ring (bicyclic) bond motifs is 5. The third kappa shape index (κ3) is 2.75. The summed E-state index contributed by atoms with van der Waals surface area (Å²) in [6, 6.07) is 20.6. The summed E-state index contributed by atoms with van der Waals surface area (Å²) in [4.78, 5) is 2.76. The molecule has 154 valence electrons. The number of likely N-dealkylation sites (tertiary alicyclic amines) is 1. The second-order valence-electron chi connectivity index (χ2n) is 10.7. The van der Waals surface area contributed by atoms with Crippen LogP contribution in [0.5, 0.6) is 0 Å². The van der Waals surface area contributed by atoms with Gasteiger partial charge in [-0.15, -0.1) is 0 Å². The van der Waals surface area contributed by atoms with Crippen LogP contribution in [0.1, 0.15) is 75.6 Å². The van der Waals surface area contributed by atoms with Crippen molar-refractivity contribution in [2.75, 3.05) is 6.54 Å². The SMILES string of the molecule is C[C@@H]1CC[C@@H](C(C)(C)N2C[C@]3(C)c4ccccc4[C@H]2[C@@H]3c2ccccc2)[C@H](O)C1. The molecule has 5 rings (SSSR count). The highest BCUT2D eigenvalue weighted by Gasteiger charge is 2.62. The zero-order chi connectivity index (χ0) is 20.4. The molecule has 2 bridgehead atoms. The fraction of sp³-hybridized carbons (Fsp3) is 0.556. The first-order valence-corrected chi connectivity index (χ1v) is 11.4. The van der Waals surface area contributed by atoms with Crippen LogP contribution < -0.4 is 0 Å². The van der Waals surface area contributed by atoms with Gasteiger partial charge in [-0.3, -0.25) is 4.90 Å². The van der Waals surface area contributed by atoms with Crippen LogP contribution in [-0.4, -0.2) is 28.2 Å². The molecule has 0 unspecified atom stereocenters. The second kappa shape index (κ2) is 6.68. The van der Waals surface area contributed by atoms with Crippen LogP contribution in [0.25, 0.3) is 0 Å². The number of aliphatic hydroxyl groups is 1. The molecule has 1 heterocycles. The van der Waals surface area contributed by atoms with E-state index in [2.05, 4.69) is 87.2 Å². The Kier molecular flexibility index (Phi) is 4.46. The zero-order valence-corrected chi connectivity index (χ0v) is 18.3. The second-order valence-corrected chi connectivity index (χ2v) is 10.7. The van der Waals surface area contributed by atoms with Crippen molar-refractivity contribution < 1.29 is 5.11 Å². The molecule has 2 heteroatoms. The highest BCUT2D eigenvalue weighted by molar-refractivity contribution is 5.52. The molecule has 3 aliphatic rings. The monoisotopic (exact) mass is 389 g/mol. The van der Waals surface area contributed by atoms with Gasteiger partial charge in [0.25, 0.3) is 0 Å². The summed E-state index contributed by atoms with van der Waals surface area (Å²) in [6.07, 6.45) is 3.13. The Morgan fingerprint density at radius 1 is 1.00 bits per heavy atom. The molecule has 2 nitrogen and oxygen atoms in total. The molecule has 0 radical (unpaired) electrons. The van der Waals surface area contributed by atoms with Gasteiger partial charge >= 0.3 is 0 Å². The van der Waals surface area contributed by atoms with Gasteiger partial charge in [-0.1, -0.05) is 74.9 Å². The van der Waals surface area contributed by atoms with E-state index < -0.39 is 0 Å². The van der Waals surface area contributed by atoms with E-state index in [1.54, 1.807) is 0 Å². The number of rotatable bonds is 3. The molecule has 2 aromatic rings. The molecule has 1 saturated carbocycles. The minimum atomic E-state index is -0.189. The molecule has 29 heavy (non-hydrogen) atoms. The fourth-order valence-electron chi connectivity index (χ4n) is 7.11. The van der Waals surface area contributed by atoms with Crippen LogP contribution in [0.3, 0.4) is 0 Å². The Morgan fingerprint density at radius 3 is 2.41 bits per heavy atom. The van der Waals surface area contributed by atoms with E-state index in [-0.39, 0.29) is 17.1 Å². The molecule has 0 amide bonds. The smallest absolute Gasteiger partial charge is 0.0588 e. The lowest BCUT2D eigenvalue weighted by molar-refractivity contribution is -0.0532. The number of hydrogen-bond donors (Lipinski definition) is 1. The summed E-state index contributed by atoms with van der Waals surface area (Å²) in [5.74, 6) is 1.45. The molecule has 2 fully saturated rings. The third-order valence-electron chi connectivity index (χ3n) is 8.62. The van der Waals surface area contributed by atoms with Crippen molar-refractivity contribution in [2.24, 2.45) is 11.8 Å². The van der Waals surface area contributed by atoms with Crippen molar-refractivity contribution in [3.63, 3.8) is 0 Å². The van der Waals surface area contributed by atoms with E-state index in [0.29, 0.717) is 23.8 Å². The predicted molar refractivity (Wildman–Crippen MR) is 119 cm³/mol. The van der Waals surface area contributed by atoms with Crippen LogP contribution in [0, 0.1) is 11.8 Å². The zero-order valence-electron chi connectivity index (χ0n) is 18.3. The first-order valence-electron chi connectivity index (χ1n) is 11.4. The average Bonchev–Trinajstić information content (AvgIpc) is 3.15. The van der Waals surface area contributed by atoms with Crippen LogP contribution in [0.15, 0.2) is 54.6 Å². The standard InChI is InChI=1S/C27H35NO/c1-18-14-15-22(23(29)16-18)26(2,3)28-17-27(4)21-13-9-8-12-20(21)25(28)24(27)19-10-6-5-7-11-19/h5-13,18,22-25,29H,14-17H2,1-4H3/t18-,22-,23-,24+,25+,27-/m1/s1. The van der Waals surface area contributed by atoms with Crippen molar-refractivity contribution in [1.29, 1.82) is 0 Å². The van der Waals surface area contributed by atoms with Gasteiger partial charge in [0.1, 0.15) is 0 Å². The van der Waals surface area contributed by atoms with Crippen LogP contribution >= 0.6 is 0 Å². The molecule has 1 saturated heterocycles. The van der Waals surface area contributed by atoms with Gasteiger partial charge in [0.15, 0.2) is 0 Å². The summed E-state index contributed by atoms with van der Waals surface area (Å²) in [7, 11) is 0. The van der Waals surface area contributed by atoms with Crippen LogP contribution in [0.4, 0.5) is 0 Å². The maximum atomic E-state index is 11.0. The summed E-state index contributed by atoms with van der Waals surface area (Å²) in [5.41, 5.74) is 4.58. The van der Waals surface area contributed by atoms with E-state index in [9.17, 15) is 5.11 Å². The summed E-state index contributed by atoms with van der Waals surface area (Å²) in [6.45, 7) is 10.6. The van der Waals surface area contributed by atoms with E-state index in [1.807, 2.05) is 0 Å². The van der Waals surface area contributed by atoms with Gasteiger partial charge in [0.2, 0.25) is 0 Å². The minimum absolute atomic E-state index is 0.0253. The Bertz CT molecular complexity index is 890. The molecule has 1 N–H and O–H groups in total. The number of benzene rings is 2. The first-order chi connectivity index (χ1) is 13.8. The number of hydrogen-bond acceptors (Lipinski definition) is 2. The number of aliphatic hydroxyl groups excluding tert-OH is 1. The molecular weight excluding hydrogens is 354 g/mol. The summed E-state index contributed by atoms with van der Waals surface area (Å²) < 4.78 is 0. The highest BCUT2D eigenvalue weighted by Crippen LogP contribution is 2.64. The van der Waals surface area contributed by atoms with Crippen molar-refractivity contribution in [3.05, 3.63) is 71.3 Å². The Balaban J connectivity index is 1.58. The molecule has 2 aliphatic carbocycles. The van der Waals surface area contributed by atoms with Gasteiger partial charge < -0.3 is 5.11 Å². The first kappa shape index (κ1) is 19.3. The van der Waals surface area contributed by atoms with Crippen molar-refractivity contribution in [3.8, 4) is 0 Å². The van der Waals surface area contributed by atoms with E-state index >= 15 is 0 Å². The average molecular weight is 390 g/mol. The predicted octanol–water partition coefficient (Wildman–Crippen LogP) is 5.67. The largest absolute Gasteiger partial charge is 0.393 e. The lowest BCUT2D eigenvalue weighted by Crippen LogP contribution is -2.55. The Morgan fingerprint density at radius 2 is 1.69 bits per heavy atom. The van der Waals surface area contributed by atoms with Crippen molar-refractivity contribution in [1.82, 2.24) is 4.90 Å². The Labute approximate surface area is 175 Å². The van der Waals surface area contributed by atoms with Crippen molar-refractivity contribution >= 4 is 0 Å². The molecule has 2 aromatic carbocycles. The molecular formula is C27H35NO. The number of nitrogens with zero attached hydrogens (tertiary/aromatic N) is 1. The lowest BCUT2D eigenvalue weighted by Gasteiger charge is -2.51. The lowest BCUT2D eigenvalue weighted by atomic mass is 9.70. The third-order valence-corrected chi connectivity index (χ3v) is 8.62. The van der Waals surface area contributed by atoms with Gasteiger partial charge in [-0.25, -0.2) is 0 Å². The minimum Gasteiger partial charge on any atom is -0.393 e. The molecule has 6 atom stereocenters. The van der Waals surface area contributed by atoms with Gasteiger partial charge in [-0.2, -0.15) is 0 Å².